The number of amides is 2. The Bertz CT molecular complexity index is 450. The molecule has 0 heterocycles. The molecule has 1 N–H and O–H groups in total. The summed E-state index contributed by atoms with van der Waals surface area (Å²) in [4.78, 5) is 16.0. The van der Waals surface area contributed by atoms with Crippen LogP contribution in [-0.4, -0.2) is 38.1 Å². The highest BCUT2D eigenvalue weighted by atomic mass is 16.2. The van der Waals surface area contributed by atoms with E-state index < -0.39 is 0 Å². The van der Waals surface area contributed by atoms with Crippen molar-refractivity contribution < 1.29 is 4.79 Å². The molecule has 2 rings (SSSR count). The van der Waals surface area contributed by atoms with Gasteiger partial charge in [-0.25, -0.2) is 4.79 Å². The minimum Gasteiger partial charge on any atom is -0.378 e. The summed E-state index contributed by atoms with van der Waals surface area (Å²) in [6, 6.07) is 8.74. The van der Waals surface area contributed by atoms with Crippen molar-refractivity contribution in [2.45, 2.75) is 44.7 Å². The molecule has 0 bridgehead atoms. The van der Waals surface area contributed by atoms with E-state index in [0.717, 1.165) is 18.4 Å². The molecule has 4 heteroatoms. The number of carbonyl (C=O) groups excluding carboxylic acids is 1. The van der Waals surface area contributed by atoms with Crippen molar-refractivity contribution in [3.63, 3.8) is 0 Å². The van der Waals surface area contributed by atoms with E-state index in [1.54, 1.807) is 4.90 Å². The van der Waals surface area contributed by atoms with Crippen molar-refractivity contribution in [3.05, 3.63) is 29.8 Å². The molecule has 1 saturated carbocycles. The molecule has 21 heavy (non-hydrogen) atoms. The number of anilines is 1. The van der Waals surface area contributed by atoms with Gasteiger partial charge in [-0.2, -0.15) is 0 Å². The Morgan fingerprint density at radius 1 is 1.10 bits per heavy atom. The summed E-state index contributed by atoms with van der Waals surface area (Å²) in [6.45, 7) is 0.645. The van der Waals surface area contributed by atoms with Gasteiger partial charge in [0, 0.05) is 39.4 Å². The molecule has 1 aromatic rings. The standard InChI is InChI=1S/C17H27N3O/c1-19(2)16-11-9-14(10-12-16)13-20(3)17(21)18-15-7-5-4-6-8-15/h9-12,15H,4-8,13H2,1-3H3,(H,18,21). The molecule has 116 valence electrons. The largest absolute Gasteiger partial charge is 0.378 e. The normalized spacial score (nSPS) is 15.6. The second-order valence-corrected chi connectivity index (χ2v) is 6.20. The van der Waals surface area contributed by atoms with Crippen LogP contribution >= 0.6 is 0 Å². The second-order valence-electron chi connectivity index (χ2n) is 6.20. The number of hydrogen-bond donors (Lipinski definition) is 1. The highest BCUT2D eigenvalue weighted by Crippen LogP contribution is 2.18. The molecule has 0 saturated heterocycles. The summed E-state index contributed by atoms with van der Waals surface area (Å²) in [5.74, 6) is 0. The zero-order valence-corrected chi connectivity index (χ0v) is 13.4. The van der Waals surface area contributed by atoms with Crippen LogP contribution in [0.15, 0.2) is 24.3 Å². The third-order valence-corrected chi connectivity index (χ3v) is 4.15. The smallest absolute Gasteiger partial charge is 0.317 e. The molecule has 0 radical (unpaired) electrons. The fourth-order valence-electron chi connectivity index (χ4n) is 2.78. The van der Waals surface area contributed by atoms with Crippen LogP contribution in [0.25, 0.3) is 0 Å². The molecule has 4 nitrogen and oxygen atoms in total. The van der Waals surface area contributed by atoms with Gasteiger partial charge >= 0.3 is 6.03 Å². The summed E-state index contributed by atoms with van der Waals surface area (Å²) in [5.41, 5.74) is 2.33. The lowest BCUT2D eigenvalue weighted by molar-refractivity contribution is 0.198. The molecular formula is C17H27N3O. The summed E-state index contributed by atoms with van der Waals surface area (Å²) >= 11 is 0. The SMILES string of the molecule is CN(Cc1ccc(N(C)C)cc1)C(=O)NC1CCCCC1. The van der Waals surface area contributed by atoms with Crippen LogP contribution in [0.2, 0.25) is 0 Å². The number of hydrogen-bond acceptors (Lipinski definition) is 2. The number of carbonyl (C=O) groups is 1. The Morgan fingerprint density at radius 2 is 1.71 bits per heavy atom. The maximum Gasteiger partial charge on any atom is 0.317 e. The molecule has 0 aliphatic heterocycles. The third-order valence-electron chi connectivity index (χ3n) is 4.15. The zero-order valence-electron chi connectivity index (χ0n) is 13.4. The van der Waals surface area contributed by atoms with E-state index in [4.69, 9.17) is 0 Å². The first-order valence-electron chi connectivity index (χ1n) is 7.84. The molecule has 0 spiro atoms. The van der Waals surface area contributed by atoms with Crippen molar-refractivity contribution in [2.75, 3.05) is 26.0 Å². The number of nitrogens with one attached hydrogen (secondary N) is 1. The summed E-state index contributed by atoms with van der Waals surface area (Å²) in [5, 5.41) is 3.15. The highest BCUT2D eigenvalue weighted by molar-refractivity contribution is 5.74. The maximum absolute atomic E-state index is 12.2. The first-order valence-corrected chi connectivity index (χ1v) is 7.84. The Hall–Kier alpha value is -1.71. The quantitative estimate of drug-likeness (QED) is 0.923. The minimum atomic E-state index is 0.0404. The Balaban J connectivity index is 1.84. The zero-order chi connectivity index (χ0) is 15.2. The number of rotatable bonds is 4. The van der Waals surface area contributed by atoms with E-state index >= 15 is 0 Å². The summed E-state index contributed by atoms with van der Waals surface area (Å²) in [6.07, 6.45) is 6.02. The molecule has 0 unspecified atom stereocenters. The van der Waals surface area contributed by atoms with E-state index in [9.17, 15) is 4.79 Å². The van der Waals surface area contributed by atoms with Gasteiger partial charge in [-0.05, 0) is 30.5 Å². The molecule has 1 fully saturated rings. The van der Waals surface area contributed by atoms with Crippen LogP contribution in [0.5, 0.6) is 0 Å². The van der Waals surface area contributed by atoms with E-state index in [1.165, 1.54) is 24.9 Å². The van der Waals surface area contributed by atoms with E-state index in [-0.39, 0.29) is 6.03 Å². The Morgan fingerprint density at radius 3 is 2.29 bits per heavy atom. The maximum atomic E-state index is 12.2. The van der Waals surface area contributed by atoms with Crippen LogP contribution < -0.4 is 10.2 Å². The molecule has 1 aromatic carbocycles. The van der Waals surface area contributed by atoms with Crippen LogP contribution in [0, 0.1) is 0 Å². The first-order chi connectivity index (χ1) is 10.1. The van der Waals surface area contributed by atoms with Gasteiger partial charge in [-0.1, -0.05) is 31.4 Å². The van der Waals surface area contributed by atoms with Gasteiger partial charge in [0.2, 0.25) is 0 Å². The highest BCUT2D eigenvalue weighted by Gasteiger charge is 2.17. The predicted molar refractivity (Wildman–Crippen MR) is 87.6 cm³/mol. The van der Waals surface area contributed by atoms with Crippen LogP contribution in [-0.2, 0) is 6.54 Å². The molecule has 0 aromatic heterocycles. The van der Waals surface area contributed by atoms with Crippen molar-refractivity contribution >= 4 is 11.7 Å². The van der Waals surface area contributed by atoms with Gasteiger partial charge in [-0.15, -0.1) is 0 Å². The lowest BCUT2D eigenvalue weighted by Gasteiger charge is -2.26. The van der Waals surface area contributed by atoms with Crippen molar-refractivity contribution in [2.24, 2.45) is 0 Å². The van der Waals surface area contributed by atoms with Crippen molar-refractivity contribution in [1.82, 2.24) is 10.2 Å². The van der Waals surface area contributed by atoms with Crippen molar-refractivity contribution in [1.29, 1.82) is 0 Å². The van der Waals surface area contributed by atoms with Crippen molar-refractivity contribution in [3.8, 4) is 0 Å². The molecular weight excluding hydrogens is 262 g/mol. The van der Waals surface area contributed by atoms with Gasteiger partial charge < -0.3 is 15.1 Å². The van der Waals surface area contributed by atoms with Crippen LogP contribution in [0.1, 0.15) is 37.7 Å². The van der Waals surface area contributed by atoms with Gasteiger partial charge in [0.05, 0.1) is 0 Å². The van der Waals surface area contributed by atoms with Crippen LogP contribution in [0.4, 0.5) is 10.5 Å². The number of urea groups is 1. The third kappa shape index (κ3) is 4.66. The molecule has 0 atom stereocenters. The fourth-order valence-corrected chi connectivity index (χ4v) is 2.78. The Kier molecular flexibility index (Phi) is 5.48. The lowest BCUT2D eigenvalue weighted by atomic mass is 9.96. The molecule has 1 aliphatic carbocycles. The van der Waals surface area contributed by atoms with Gasteiger partial charge in [0.25, 0.3) is 0 Å². The van der Waals surface area contributed by atoms with E-state index in [1.807, 2.05) is 21.1 Å². The van der Waals surface area contributed by atoms with Crippen LogP contribution in [0.3, 0.4) is 0 Å². The molecule has 2 amide bonds. The minimum absolute atomic E-state index is 0.0404. The van der Waals surface area contributed by atoms with Gasteiger partial charge in [0.1, 0.15) is 0 Å². The van der Waals surface area contributed by atoms with E-state index in [2.05, 4.69) is 34.5 Å². The second kappa shape index (κ2) is 7.34. The fraction of sp³-hybridized carbons (Fsp3) is 0.588. The van der Waals surface area contributed by atoms with E-state index in [0.29, 0.717) is 12.6 Å². The average Bonchev–Trinajstić information content (AvgIpc) is 2.48. The Labute approximate surface area is 128 Å². The van der Waals surface area contributed by atoms with Gasteiger partial charge in [-0.3, -0.25) is 0 Å². The number of nitrogens with zero attached hydrogens (tertiary/aromatic N) is 2. The molecule has 1 aliphatic rings. The first kappa shape index (κ1) is 15.7. The topological polar surface area (TPSA) is 35.6 Å². The average molecular weight is 289 g/mol. The summed E-state index contributed by atoms with van der Waals surface area (Å²) < 4.78 is 0. The lowest BCUT2D eigenvalue weighted by Crippen LogP contribution is -2.43. The summed E-state index contributed by atoms with van der Waals surface area (Å²) in [7, 11) is 5.91. The van der Waals surface area contributed by atoms with Gasteiger partial charge in [0.15, 0.2) is 0 Å². The predicted octanol–water partition coefficient (Wildman–Crippen LogP) is 3.23. The monoisotopic (exact) mass is 289 g/mol. The number of benzene rings is 1.